The number of para-hydroxylation sites is 1. The summed E-state index contributed by atoms with van der Waals surface area (Å²) in [5, 5.41) is 0.416. The third-order valence-electron chi connectivity index (χ3n) is 6.86. The molecule has 0 saturated heterocycles. The van der Waals surface area contributed by atoms with Crippen molar-refractivity contribution in [1.29, 1.82) is 0 Å². The van der Waals surface area contributed by atoms with E-state index in [4.69, 9.17) is 9.15 Å². The van der Waals surface area contributed by atoms with Crippen LogP contribution in [0.5, 0.6) is 0 Å². The predicted molar refractivity (Wildman–Crippen MR) is 151 cm³/mol. The van der Waals surface area contributed by atoms with E-state index in [0.717, 1.165) is 5.56 Å². The van der Waals surface area contributed by atoms with Crippen LogP contribution >= 0.6 is 0 Å². The Morgan fingerprint density at radius 1 is 0.925 bits per heavy atom. The van der Waals surface area contributed by atoms with Crippen LogP contribution in [0.4, 0.5) is 4.39 Å². The molecule has 8 heteroatoms. The molecule has 0 bridgehead atoms. The number of carbonyl (C=O) groups excluding carboxylic acids is 2. The Bertz CT molecular complexity index is 1490. The van der Waals surface area contributed by atoms with E-state index in [1.54, 1.807) is 43.5 Å². The molecule has 0 saturated carbocycles. The van der Waals surface area contributed by atoms with Crippen LogP contribution in [0.2, 0.25) is 0 Å². The lowest BCUT2D eigenvalue weighted by Crippen LogP contribution is -2.45. The van der Waals surface area contributed by atoms with Crippen molar-refractivity contribution in [1.82, 2.24) is 9.80 Å². The molecule has 0 N–H and O–H groups in total. The van der Waals surface area contributed by atoms with Crippen molar-refractivity contribution < 1.29 is 23.1 Å². The first-order valence-electron chi connectivity index (χ1n) is 13.3. The first-order chi connectivity index (χ1) is 19.4. The molecule has 1 atom stereocenters. The molecule has 0 fully saturated rings. The van der Waals surface area contributed by atoms with Gasteiger partial charge in [-0.1, -0.05) is 61.5 Å². The van der Waals surface area contributed by atoms with Gasteiger partial charge in [-0.3, -0.25) is 14.4 Å². The summed E-state index contributed by atoms with van der Waals surface area (Å²) in [4.78, 5) is 43.7. The highest BCUT2D eigenvalue weighted by Gasteiger charge is 2.28. The summed E-state index contributed by atoms with van der Waals surface area (Å²) in [6.07, 6.45) is 1.93. The normalized spacial score (nSPS) is 11.8. The third-order valence-corrected chi connectivity index (χ3v) is 6.86. The zero-order chi connectivity index (χ0) is 28.5. The van der Waals surface area contributed by atoms with Crippen LogP contribution in [0, 0.1) is 5.82 Å². The van der Waals surface area contributed by atoms with Crippen LogP contribution in [0.25, 0.3) is 11.0 Å². The summed E-state index contributed by atoms with van der Waals surface area (Å²) < 4.78 is 24.5. The summed E-state index contributed by atoms with van der Waals surface area (Å²) in [6.45, 7) is 2.31. The number of hydrogen-bond donors (Lipinski definition) is 0. The molecule has 1 aromatic heterocycles. The fraction of sp³-hybridized carbons (Fsp3) is 0.281. The smallest absolute Gasteiger partial charge is 0.242 e. The number of methoxy groups -OCH3 is 1. The van der Waals surface area contributed by atoms with Gasteiger partial charge >= 0.3 is 0 Å². The minimum absolute atomic E-state index is 0.0361. The Labute approximate surface area is 232 Å². The maximum Gasteiger partial charge on any atom is 0.242 e. The Balaban J connectivity index is 1.63. The monoisotopic (exact) mass is 544 g/mol. The van der Waals surface area contributed by atoms with Gasteiger partial charge in [0.2, 0.25) is 11.8 Å². The maximum absolute atomic E-state index is 13.8. The van der Waals surface area contributed by atoms with Gasteiger partial charge in [-0.25, -0.2) is 4.39 Å². The van der Waals surface area contributed by atoms with Gasteiger partial charge in [0.15, 0.2) is 5.43 Å². The molecule has 0 aliphatic heterocycles. The number of fused-ring (bicyclic) bond motifs is 1. The van der Waals surface area contributed by atoms with Crippen LogP contribution in [0.1, 0.15) is 36.0 Å². The molecule has 2 amide bonds. The van der Waals surface area contributed by atoms with Crippen molar-refractivity contribution in [3.63, 3.8) is 0 Å². The van der Waals surface area contributed by atoms with Crippen molar-refractivity contribution in [2.75, 3.05) is 26.8 Å². The largest absolute Gasteiger partial charge is 0.464 e. The van der Waals surface area contributed by atoms with Crippen LogP contribution in [0.15, 0.2) is 94.3 Å². The van der Waals surface area contributed by atoms with Crippen molar-refractivity contribution in [2.24, 2.45) is 0 Å². The average Bonchev–Trinajstić information content (AvgIpc) is 2.98. The second kappa shape index (κ2) is 13.7. The maximum atomic E-state index is 13.8. The van der Waals surface area contributed by atoms with Gasteiger partial charge in [-0.2, -0.15) is 0 Å². The summed E-state index contributed by atoms with van der Waals surface area (Å²) in [7, 11) is 1.54. The van der Waals surface area contributed by atoms with E-state index in [0.29, 0.717) is 28.5 Å². The van der Waals surface area contributed by atoms with Crippen LogP contribution in [0.3, 0.4) is 0 Å². The van der Waals surface area contributed by atoms with E-state index in [1.807, 2.05) is 37.3 Å². The van der Waals surface area contributed by atoms with E-state index in [1.165, 1.54) is 28.2 Å². The first-order valence-corrected chi connectivity index (χ1v) is 13.3. The molecule has 7 nitrogen and oxygen atoms in total. The fourth-order valence-electron chi connectivity index (χ4n) is 4.67. The number of benzene rings is 3. The van der Waals surface area contributed by atoms with Crippen LogP contribution < -0.4 is 5.43 Å². The molecule has 4 aromatic rings. The second-order valence-electron chi connectivity index (χ2n) is 9.59. The molecular formula is C32H33FN2O5. The molecular weight excluding hydrogens is 511 g/mol. The molecule has 0 aliphatic carbocycles. The SMILES string of the molecule is CCC(C(=O)N(CCOC)CC(=O)N(Cc1ccc(F)cc1)Cc1coc2ccccc2c1=O)c1ccccc1. The van der Waals surface area contributed by atoms with Gasteiger partial charge in [0.1, 0.15) is 11.4 Å². The Hall–Kier alpha value is -4.30. The van der Waals surface area contributed by atoms with E-state index >= 15 is 0 Å². The van der Waals surface area contributed by atoms with Crippen LogP contribution in [-0.4, -0.2) is 48.4 Å². The summed E-state index contributed by atoms with van der Waals surface area (Å²) in [5.41, 5.74) is 2.09. The van der Waals surface area contributed by atoms with Crippen molar-refractivity contribution >= 4 is 22.8 Å². The zero-order valence-corrected chi connectivity index (χ0v) is 22.7. The van der Waals surface area contributed by atoms with Crippen molar-refractivity contribution in [2.45, 2.75) is 32.4 Å². The number of nitrogens with zero attached hydrogens (tertiary/aromatic N) is 2. The highest BCUT2D eigenvalue weighted by atomic mass is 19.1. The van der Waals surface area contributed by atoms with Gasteiger partial charge in [0.05, 0.1) is 42.8 Å². The Kier molecular flexibility index (Phi) is 9.81. The van der Waals surface area contributed by atoms with E-state index in [-0.39, 0.29) is 55.8 Å². The molecule has 0 radical (unpaired) electrons. The third kappa shape index (κ3) is 7.01. The molecule has 4 rings (SSSR count). The van der Waals surface area contributed by atoms with E-state index in [2.05, 4.69) is 0 Å². The van der Waals surface area contributed by atoms with Crippen molar-refractivity contribution in [3.05, 3.63) is 118 Å². The van der Waals surface area contributed by atoms with E-state index in [9.17, 15) is 18.8 Å². The lowest BCUT2D eigenvalue weighted by molar-refractivity contribution is -0.142. The number of carbonyl (C=O) groups is 2. The lowest BCUT2D eigenvalue weighted by Gasteiger charge is -2.30. The standard InChI is InChI=1S/C32H33FN2O5/c1-3-27(24-9-5-4-6-10-24)32(38)34(17-18-39-2)21-30(36)35(19-23-13-15-26(33)16-14-23)20-25-22-40-29-12-8-7-11-28(29)31(25)37/h4-16,22,27H,3,17-21H2,1-2H3. The highest BCUT2D eigenvalue weighted by Crippen LogP contribution is 2.22. The average molecular weight is 545 g/mol. The molecule has 0 spiro atoms. The van der Waals surface area contributed by atoms with Gasteiger partial charge < -0.3 is 19.0 Å². The first kappa shape index (κ1) is 28.7. The summed E-state index contributed by atoms with van der Waals surface area (Å²) in [5.74, 6) is -1.33. The lowest BCUT2D eigenvalue weighted by atomic mass is 9.95. The molecule has 40 heavy (non-hydrogen) atoms. The minimum atomic E-state index is -0.413. The fourth-order valence-corrected chi connectivity index (χ4v) is 4.67. The molecule has 1 heterocycles. The quantitative estimate of drug-likeness (QED) is 0.247. The molecule has 208 valence electrons. The number of amides is 2. The number of rotatable bonds is 12. The second-order valence-corrected chi connectivity index (χ2v) is 9.59. The van der Waals surface area contributed by atoms with E-state index < -0.39 is 5.92 Å². The Morgan fingerprint density at radius 3 is 2.33 bits per heavy atom. The zero-order valence-electron chi connectivity index (χ0n) is 22.7. The Morgan fingerprint density at radius 2 is 1.62 bits per heavy atom. The topological polar surface area (TPSA) is 80.1 Å². The highest BCUT2D eigenvalue weighted by molar-refractivity contribution is 5.88. The number of ether oxygens (including phenoxy) is 1. The number of halogens is 1. The molecule has 1 unspecified atom stereocenters. The van der Waals surface area contributed by atoms with Crippen molar-refractivity contribution in [3.8, 4) is 0 Å². The van der Waals surface area contributed by atoms with Crippen LogP contribution in [-0.2, 0) is 27.4 Å². The van der Waals surface area contributed by atoms with Gasteiger partial charge in [0, 0.05) is 20.2 Å². The van der Waals surface area contributed by atoms with Gasteiger partial charge in [-0.05, 0) is 41.8 Å². The number of hydrogen-bond acceptors (Lipinski definition) is 5. The molecule has 0 aliphatic rings. The summed E-state index contributed by atoms with van der Waals surface area (Å²) in [6, 6.07) is 22.2. The molecule has 3 aromatic carbocycles. The minimum Gasteiger partial charge on any atom is -0.464 e. The van der Waals surface area contributed by atoms with Gasteiger partial charge in [-0.15, -0.1) is 0 Å². The summed E-state index contributed by atoms with van der Waals surface area (Å²) >= 11 is 0. The van der Waals surface area contributed by atoms with Gasteiger partial charge in [0.25, 0.3) is 0 Å². The predicted octanol–water partition coefficient (Wildman–Crippen LogP) is 5.13.